The fourth-order valence-corrected chi connectivity index (χ4v) is 3.50. The zero-order valence-electron chi connectivity index (χ0n) is 16.9. The standard InChI is InChI=1S/C25H18Cl3NO3/c26-20-6-2-5-18(14-20)19(16-29)12-17-4-1-7-22(13-17)32-25(30)8-3-11-31-24-10-9-21(27)15-23(24)28/h1-2,4-7,9-10,12-15H,3,8,11H2/b19-12-. The first kappa shape index (κ1) is 23.7. The summed E-state index contributed by atoms with van der Waals surface area (Å²) < 4.78 is 11.0. The zero-order chi connectivity index (χ0) is 22.9. The minimum absolute atomic E-state index is 0.178. The molecule has 3 aromatic carbocycles. The molecule has 0 N–H and O–H groups in total. The molecule has 4 nitrogen and oxygen atoms in total. The van der Waals surface area contributed by atoms with Crippen molar-refractivity contribution in [2.24, 2.45) is 0 Å². The number of carbonyl (C=O) groups excluding carboxylic acids is 1. The molecule has 0 atom stereocenters. The molecule has 0 spiro atoms. The van der Waals surface area contributed by atoms with Crippen LogP contribution in [0, 0.1) is 11.3 Å². The van der Waals surface area contributed by atoms with Crippen LogP contribution in [0.15, 0.2) is 66.7 Å². The number of nitrogens with zero attached hydrogens (tertiary/aromatic N) is 1. The van der Waals surface area contributed by atoms with Crippen LogP contribution < -0.4 is 9.47 Å². The van der Waals surface area contributed by atoms with Gasteiger partial charge in [-0.1, -0.05) is 59.1 Å². The Morgan fingerprint density at radius 1 is 0.969 bits per heavy atom. The van der Waals surface area contributed by atoms with E-state index in [1.807, 2.05) is 12.1 Å². The Balaban J connectivity index is 1.56. The van der Waals surface area contributed by atoms with Crippen LogP contribution in [0.4, 0.5) is 0 Å². The second kappa shape index (κ2) is 11.6. The first-order valence-electron chi connectivity index (χ1n) is 9.71. The Morgan fingerprint density at radius 3 is 2.50 bits per heavy atom. The van der Waals surface area contributed by atoms with Gasteiger partial charge in [0, 0.05) is 16.5 Å². The molecule has 32 heavy (non-hydrogen) atoms. The third-order valence-electron chi connectivity index (χ3n) is 4.33. The highest BCUT2D eigenvalue weighted by molar-refractivity contribution is 6.35. The highest BCUT2D eigenvalue weighted by atomic mass is 35.5. The van der Waals surface area contributed by atoms with Gasteiger partial charge in [-0.25, -0.2) is 0 Å². The van der Waals surface area contributed by atoms with Gasteiger partial charge in [0.1, 0.15) is 11.5 Å². The van der Waals surface area contributed by atoms with Gasteiger partial charge >= 0.3 is 5.97 Å². The van der Waals surface area contributed by atoms with Crippen LogP contribution in [-0.2, 0) is 4.79 Å². The number of hydrogen-bond donors (Lipinski definition) is 0. The molecule has 162 valence electrons. The first-order chi connectivity index (χ1) is 15.4. The predicted molar refractivity (Wildman–Crippen MR) is 128 cm³/mol. The number of ether oxygens (including phenoxy) is 2. The Labute approximate surface area is 201 Å². The Hall–Kier alpha value is -2.97. The molecule has 0 amide bonds. The van der Waals surface area contributed by atoms with Crippen LogP contribution in [0.25, 0.3) is 11.6 Å². The molecule has 0 radical (unpaired) electrons. The number of rotatable bonds is 8. The van der Waals surface area contributed by atoms with Crippen LogP contribution in [0.2, 0.25) is 15.1 Å². The Kier molecular flexibility index (Phi) is 8.58. The van der Waals surface area contributed by atoms with Crippen molar-refractivity contribution in [1.82, 2.24) is 0 Å². The van der Waals surface area contributed by atoms with Gasteiger partial charge in [-0.3, -0.25) is 4.79 Å². The van der Waals surface area contributed by atoms with E-state index >= 15 is 0 Å². The number of benzene rings is 3. The molecule has 0 saturated heterocycles. The third kappa shape index (κ3) is 7.03. The molecule has 0 unspecified atom stereocenters. The molecule has 0 fully saturated rings. The van der Waals surface area contributed by atoms with Crippen molar-refractivity contribution in [3.8, 4) is 17.6 Å². The lowest BCUT2D eigenvalue weighted by atomic mass is 10.0. The SMILES string of the molecule is N#C/C(=C/c1cccc(OC(=O)CCCOc2ccc(Cl)cc2Cl)c1)c1cccc(Cl)c1. The number of halogens is 3. The van der Waals surface area contributed by atoms with E-state index < -0.39 is 0 Å². The zero-order valence-corrected chi connectivity index (χ0v) is 19.1. The van der Waals surface area contributed by atoms with E-state index in [0.29, 0.717) is 50.7 Å². The summed E-state index contributed by atoms with van der Waals surface area (Å²) in [5.41, 5.74) is 1.89. The molecular formula is C25H18Cl3NO3. The molecule has 0 aromatic heterocycles. The highest BCUT2D eigenvalue weighted by Gasteiger charge is 2.08. The van der Waals surface area contributed by atoms with Crippen LogP contribution in [0.1, 0.15) is 24.0 Å². The topological polar surface area (TPSA) is 59.3 Å². The summed E-state index contributed by atoms with van der Waals surface area (Å²) in [5, 5.41) is 11.0. The van der Waals surface area contributed by atoms with Crippen molar-refractivity contribution in [3.05, 3.63) is 92.9 Å². The van der Waals surface area contributed by atoms with Crippen molar-refractivity contribution in [2.75, 3.05) is 6.61 Å². The van der Waals surface area contributed by atoms with Gasteiger partial charge < -0.3 is 9.47 Å². The van der Waals surface area contributed by atoms with Crippen molar-refractivity contribution in [2.45, 2.75) is 12.8 Å². The van der Waals surface area contributed by atoms with Crippen LogP contribution in [0.3, 0.4) is 0 Å². The quantitative estimate of drug-likeness (QED) is 0.109. The molecule has 3 aromatic rings. The second-order valence-corrected chi connectivity index (χ2v) is 8.03. The smallest absolute Gasteiger partial charge is 0.311 e. The second-order valence-electron chi connectivity index (χ2n) is 6.75. The van der Waals surface area contributed by atoms with E-state index in [9.17, 15) is 10.1 Å². The monoisotopic (exact) mass is 485 g/mol. The number of esters is 1. The normalized spacial score (nSPS) is 11.0. The van der Waals surface area contributed by atoms with Crippen molar-refractivity contribution in [3.63, 3.8) is 0 Å². The maximum atomic E-state index is 12.2. The van der Waals surface area contributed by atoms with Crippen LogP contribution >= 0.6 is 34.8 Å². The fourth-order valence-electron chi connectivity index (χ4n) is 2.84. The van der Waals surface area contributed by atoms with Crippen molar-refractivity contribution < 1.29 is 14.3 Å². The van der Waals surface area contributed by atoms with Crippen LogP contribution in [0.5, 0.6) is 11.5 Å². The minimum atomic E-state index is -0.382. The Bertz CT molecular complexity index is 1190. The summed E-state index contributed by atoms with van der Waals surface area (Å²) >= 11 is 17.9. The summed E-state index contributed by atoms with van der Waals surface area (Å²) in [4.78, 5) is 12.2. The third-order valence-corrected chi connectivity index (χ3v) is 5.10. The Morgan fingerprint density at radius 2 is 1.75 bits per heavy atom. The van der Waals surface area contributed by atoms with Crippen LogP contribution in [-0.4, -0.2) is 12.6 Å². The summed E-state index contributed by atoms with van der Waals surface area (Å²) in [5.74, 6) is 0.526. The lowest BCUT2D eigenvalue weighted by Gasteiger charge is -2.08. The largest absolute Gasteiger partial charge is 0.492 e. The van der Waals surface area contributed by atoms with E-state index in [1.54, 1.807) is 60.7 Å². The van der Waals surface area contributed by atoms with Gasteiger partial charge in [-0.05, 0) is 66.1 Å². The number of allylic oxidation sites excluding steroid dienone is 1. The average molecular weight is 487 g/mol. The number of nitriles is 1. The van der Waals surface area contributed by atoms with Crippen molar-refractivity contribution >= 4 is 52.4 Å². The molecule has 0 heterocycles. The summed E-state index contributed by atoms with van der Waals surface area (Å²) in [6.45, 7) is 0.310. The lowest BCUT2D eigenvalue weighted by Crippen LogP contribution is -2.10. The van der Waals surface area contributed by atoms with Gasteiger partial charge in [0.25, 0.3) is 0 Å². The maximum absolute atomic E-state index is 12.2. The van der Waals surface area contributed by atoms with E-state index in [0.717, 1.165) is 5.56 Å². The predicted octanol–water partition coefficient (Wildman–Crippen LogP) is 7.48. The molecule has 0 saturated carbocycles. The fraction of sp³-hybridized carbons (Fsp3) is 0.120. The van der Waals surface area contributed by atoms with E-state index in [-0.39, 0.29) is 12.4 Å². The molecule has 0 aliphatic carbocycles. The molecule has 0 aliphatic heterocycles. The number of carbonyl (C=O) groups is 1. The number of hydrogen-bond acceptors (Lipinski definition) is 4. The lowest BCUT2D eigenvalue weighted by molar-refractivity contribution is -0.134. The highest BCUT2D eigenvalue weighted by Crippen LogP contribution is 2.27. The van der Waals surface area contributed by atoms with Gasteiger partial charge in [0.05, 0.1) is 23.3 Å². The maximum Gasteiger partial charge on any atom is 0.311 e. The van der Waals surface area contributed by atoms with E-state index in [1.165, 1.54) is 0 Å². The van der Waals surface area contributed by atoms with E-state index in [2.05, 4.69) is 6.07 Å². The summed E-state index contributed by atoms with van der Waals surface area (Å²) in [6.07, 6.45) is 2.36. The van der Waals surface area contributed by atoms with Gasteiger partial charge in [-0.2, -0.15) is 5.26 Å². The molecular weight excluding hydrogens is 469 g/mol. The van der Waals surface area contributed by atoms with Gasteiger partial charge in [0.15, 0.2) is 0 Å². The molecule has 7 heteroatoms. The molecule has 0 aliphatic rings. The summed E-state index contributed by atoms with van der Waals surface area (Å²) in [7, 11) is 0. The molecule has 0 bridgehead atoms. The minimum Gasteiger partial charge on any atom is -0.492 e. The van der Waals surface area contributed by atoms with Gasteiger partial charge in [-0.15, -0.1) is 0 Å². The van der Waals surface area contributed by atoms with Crippen molar-refractivity contribution in [1.29, 1.82) is 5.26 Å². The van der Waals surface area contributed by atoms with E-state index in [4.69, 9.17) is 44.3 Å². The average Bonchev–Trinajstić information content (AvgIpc) is 2.76. The molecule has 3 rings (SSSR count). The summed E-state index contributed by atoms with van der Waals surface area (Å²) in [6, 6.07) is 21.2. The first-order valence-corrected chi connectivity index (χ1v) is 10.8. The van der Waals surface area contributed by atoms with Gasteiger partial charge in [0.2, 0.25) is 0 Å².